The van der Waals surface area contributed by atoms with E-state index in [1.165, 1.54) is 0 Å². The van der Waals surface area contributed by atoms with Gasteiger partial charge in [0.15, 0.2) is 0 Å². The lowest BCUT2D eigenvalue weighted by Crippen LogP contribution is -2.18. The minimum atomic E-state index is -4.16. The third-order valence-corrected chi connectivity index (χ3v) is 5.79. The Morgan fingerprint density at radius 3 is 1.72 bits per heavy atom. The molecule has 0 saturated heterocycles. The normalized spacial score (nSPS) is 12.2. The first-order valence-electron chi connectivity index (χ1n) is 6.82. The van der Waals surface area contributed by atoms with Crippen LogP contribution in [0.4, 0.5) is 11.4 Å². The number of allylic oxidation sites excluding steroid dienone is 1. The fourth-order valence-corrected chi connectivity index (χ4v) is 4.27. The van der Waals surface area contributed by atoms with Gasteiger partial charge in [0.2, 0.25) is 0 Å². The maximum Gasteiger partial charge on any atom is 0.266 e. The van der Waals surface area contributed by atoms with Crippen LogP contribution in [0, 0.1) is 0 Å². The van der Waals surface area contributed by atoms with E-state index in [1.54, 1.807) is 60.7 Å². The number of benzene rings is 2. The van der Waals surface area contributed by atoms with Gasteiger partial charge in [0.1, 0.15) is 14.6 Å². The minimum absolute atomic E-state index is 0.251. The van der Waals surface area contributed by atoms with Crippen molar-refractivity contribution >= 4 is 67.8 Å². The molecule has 0 radical (unpaired) electrons. The lowest BCUT2D eigenvalue weighted by atomic mass is 10.3. The Morgan fingerprint density at radius 1 is 0.760 bits per heavy atom. The number of hydrogen-bond acceptors (Lipinski definition) is 3. The van der Waals surface area contributed by atoms with E-state index in [1.807, 2.05) is 0 Å². The van der Waals surface area contributed by atoms with Crippen LogP contribution in [0.1, 0.15) is 0 Å². The minimum Gasteiger partial charge on any atom is -0.345 e. The fraction of sp³-hybridized carbons (Fsp3) is 0. The van der Waals surface area contributed by atoms with Crippen molar-refractivity contribution < 1.29 is 8.42 Å². The van der Waals surface area contributed by atoms with E-state index in [0.29, 0.717) is 11.4 Å². The summed E-state index contributed by atoms with van der Waals surface area (Å²) in [5.74, 6) is 0. The van der Waals surface area contributed by atoms with Gasteiger partial charge in [0.25, 0.3) is 10.0 Å². The van der Waals surface area contributed by atoms with E-state index in [-0.39, 0.29) is 5.16 Å². The van der Waals surface area contributed by atoms with Gasteiger partial charge in [0.05, 0.1) is 5.03 Å². The molecule has 25 heavy (non-hydrogen) atoms. The van der Waals surface area contributed by atoms with Crippen molar-refractivity contribution in [1.29, 1.82) is 0 Å². The molecule has 132 valence electrons. The summed E-state index contributed by atoms with van der Waals surface area (Å²) in [5.41, 5.74) is 0.898. The highest BCUT2D eigenvalue weighted by molar-refractivity contribution is 7.97. The highest BCUT2D eigenvalue weighted by Gasteiger charge is 2.27. The number of sulfonamides is 1. The van der Waals surface area contributed by atoms with Gasteiger partial charge in [-0.05, 0) is 24.3 Å². The molecule has 4 nitrogen and oxygen atoms in total. The van der Waals surface area contributed by atoms with Gasteiger partial charge in [-0.15, -0.1) is 0 Å². The van der Waals surface area contributed by atoms with Crippen LogP contribution in [0.3, 0.4) is 0 Å². The van der Waals surface area contributed by atoms with Crippen LogP contribution in [0.2, 0.25) is 0 Å². The number of para-hydroxylation sites is 2. The predicted molar refractivity (Wildman–Crippen MR) is 107 cm³/mol. The maximum absolute atomic E-state index is 12.7. The topological polar surface area (TPSA) is 58.2 Å². The molecular formula is C16H12Cl4N2O2S. The lowest BCUT2D eigenvalue weighted by Gasteiger charge is -2.14. The number of hydrogen-bond donors (Lipinski definition) is 2. The lowest BCUT2D eigenvalue weighted by molar-refractivity contribution is 0.607. The van der Waals surface area contributed by atoms with E-state index in [9.17, 15) is 8.42 Å². The van der Waals surface area contributed by atoms with Crippen molar-refractivity contribution in [1.82, 2.24) is 0 Å². The second-order valence-electron chi connectivity index (χ2n) is 4.68. The first kappa shape index (κ1) is 19.9. The molecule has 0 fully saturated rings. The molecule has 0 aliphatic heterocycles. The Labute approximate surface area is 166 Å². The van der Waals surface area contributed by atoms with Crippen molar-refractivity contribution in [2.45, 2.75) is 0 Å². The number of rotatable bonds is 6. The molecule has 2 aromatic rings. The summed E-state index contributed by atoms with van der Waals surface area (Å²) in [5, 5.41) is 2.11. The van der Waals surface area contributed by atoms with Crippen molar-refractivity contribution in [3.8, 4) is 0 Å². The molecule has 2 N–H and O–H groups in total. The number of anilines is 2. The second-order valence-corrected chi connectivity index (χ2v) is 8.00. The first-order chi connectivity index (χ1) is 11.8. The van der Waals surface area contributed by atoms with E-state index < -0.39 is 24.5 Å². The van der Waals surface area contributed by atoms with Crippen LogP contribution >= 0.6 is 46.4 Å². The van der Waals surface area contributed by atoms with Crippen LogP contribution in [-0.4, -0.2) is 8.42 Å². The third kappa shape index (κ3) is 5.56. The Kier molecular flexibility index (Phi) is 7.04. The monoisotopic (exact) mass is 436 g/mol. The van der Waals surface area contributed by atoms with Gasteiger partial charge in [-0.1, -0.05) is 82.8 Å². The summed E-state index contributed by atoms with van der Waals surface area (Å²) >= 11 is 23.6. The van der Waals surface area contributed by atoms with Crippen molar-refractivity contribution in [2.75, 3.05) is 10.0 Å². The molecule has 0 atom stereocenters. The van der Waals surface area contributed by atoms with E-state index in [4.69, 9.17) is 46.4 Å². The van der Waals surface area contributed by atoms with E-state index >= 15 is 0 Å². The Balaban J connectivity index is 2.49. The molecule has 0 aliphatic rings. The molecule has 0 amide bonds. The SMILES string of the molecule is O=S(=O)(Nc1ccccc1)/C(C(Cl)=C(Cl)Cl)=C(/Cl)Nc1ccccc1. The van der Waals surface area contributed by atoms with Crippen LogP contribution < -0.4 is 10.0 Å². The second kappa shape index (κ2) is 8.83. The van der Waals surface area contributed by atoms with E-state index in [2.05, 4.69) is 10.0 Å². The predicted octanol–water partition coefficient (Wildman–Crippen LogP) is 5.83. The van der Waals surface area contributed by atoms with Crippen LogP contribution in [0.15, 0.2) is 80.2 Å². The zero-order valence-electron chi connectivity index (χ0n) is 12.5. The van der Waals surface area contributed by atoms with Crippen molar-refractivity contribution in [2.24, 2.45) is 0 Å². The largest absolute Gasteiger partial charge is 0.345 e. The average Bonchev–Trinajstić information content (AvgIpc) is 2.55. The molecule has 2 aromatic carbocycles. The number of nitrogens with one attached hydrogen (secondary N) is 2. The van der Waals surface area contributed by atoms with Crippen LogP contribution in [-0.2, 0) is 10.0 Å². The summed E-state index contributed by atoms with van der Waals surface area (Å²) in [4.78, 5) is -0.469. The van der Waals surface area contributed by atoms with Crippen molar-refractivity contribution in [3.63, 3.8) is 0 Å². The van der Waals surface area contributed by atoms with Gasteiger partial charge in [-0.25, -0.2) is 8.42 Å². The first-order valence-corrected chi connectivity index (χ1v) is 9.81. The van der Waals surface area contributed by atoms with Crippen molar-refractivity contribution in [3.05, 3.63) is 80.2 Å². The Bertz CT molecular complexity index is 894. The molecular weight excluding hydrogens is 426 g/mol. The third-order valence-electron chi connectivity index (χ3n) is 2.89. The molecule has 0 aromatic heterocycles. The van der Waals surface area contributed by atoms with Gasteiger partial charge in [-0.3, -0.25) is 4.72 Å². The fourth-order valence-electron chi connectivity index (χ4n) is 1.84. The highest BCUT2D eigenvalue weighted by atomic mass is 35.5. The molecule has 0 bridgehead atoms. The van der Waals surface area contributed by atoms with Gasteiger partial charge < -0.3 is 5.32 Å². The molecule has 0 unspecified atom stereocenters. The molecule has 0 heterocycles. The summed E-state index contributed by atoms with van der Waals surface area (Å²) in [6.07, 6.45) is 0. The average molecular weight is 438 g/mol. The zero-order chi connectivity index (χ0) is 18.4. The molecule has 0 aliphatic carbocycles. The van der Waals surface area contributed by atoms with Gasteiger partial charge in [0, 0.05) is 11.4 Å². The quantitative estimate of drug-likeness (QED) is 0.441. The Hall–Kier alpha value is -1.37. The summed E-state index contributed by atoms with van der Waals surface area (Å²) < 4.78 is 27.4. The summed E-state index contributed by atoms with van der Waals surface area (Å²) in [6, 6.07) is 17.0. The smallest absolute Gasteiger partial charge is 0.266 e. The van der Waals surface area contributed by atoms with Gasteiger partial charge >= 0.3 is 0 Å². The molecule has 2 rings (SSSR count). The number of halogens is 4. The summed E-state index contributed by atoms with van der Waals surface area (Å²) in [6.45, 7) is 0. The van der Waals surface area contributed by atoms with Gasteiger partial charge in [-0.2, -0.15) is 0 Å². The summed E-state index contributed by atoms with van der Waals surface area (Å²) in [7, 11) is -4.16. The van der Waals surface area contributed by atoms with Crippen LogP contribution in [0.5, 0.6) is 0 Å². The molecule has 0 saturated carbocycles. The zero-order valence-corrected chi connectivity index (χ0v) is 16.4. The van der Waals surface area contributed by atoms with E-state index in [0.717, 1.165) is 0 Å². The molecule has 0 spiro atoms. The standard InChI is InChI=1S/C16H12Cl4N2O2S/c17-13(15(18)19)14(16(20)21-11-7-3-1-4-8-11)25(23,24)22-12-9-5-2-6-10-12/h1-10,21-22H/b16-14-. The maximum atomic E-state index is 12.7. The van der Waals surface area contributed by atoms with Crippen LogP contribution in [0.25, 0.3) is 0 Å². The Morgan fingerprint density at radius 2 is 1.24 bits per heavy atom. The highest BCUT2D eigenvalue weighted by Crippen LogP contribution is 2.33. The molecule has 9 heteroatoms.